The predicted molar refractivity (Wildman–Crippen MR) is 82.1 cm³/mol. The van der Waals surface area contributed by atoms with Crippen molar-refractivity contribution >= 4 is 24.8 Å². The van der Waals surface area contributed by atoms with Crippen LogP contribution in [0.4, 0.5) is 17.5 Å². The Kier molecular flexibility index (Phi) is 4.70. The van der Waals surface area contributed by atoms with E-state index in [0.717, 1.165) is 36.8 Å². The molecular formula is C9H6BN9O9. The molecule has 3 aromatic heterocycles. The lowest BCUT2D eigenvalue weighted by molar-refractivity contribution is -0.390. The zero-order chi connectivity index (χ0) is 20.3. The zero-order valence-electron chi connectivity index (χ0n) is 13.2. The molecule has 0 aliphatic rings. The summed E-state index contributed by atoms with van der Waals surface area (Å²) in [6.07, 6.45) is 3.15. The third-order valence-electron chi connectivity index (χ3n) is 2.80. The van der Waals surface area contributed by atoms with E-state index in [2.05, 4.69) is 15.3 Å². The van der Waals surface area contributed by atoms with E-state index in [4.69, 9.17) is 14.3 Å². The van der Waals surface area contributed by atoms with E-state index < -0.39 is 39.5 Å². The van der Waals surface area contributed by atoms with Gasteiger partial charge in [0.15, 0.2) is 0 Å². The van der Waals surface area contributed by atoms with Crippen molar-refractivity contribution < 1.29 is 29.0 Å². The van der Waals surface area contributed by atoms with Gasteiger partial charge in [-0.3, -0.25) is 0 Å². The molecule has 144 valence electrons. The van der Waals surface area contributed by atoms with Crippen LogP contribution >= 0.6 is 0 Å². The normalized spacial score (nSPS) is 10.3. The maximum atomic E-state index is 10.7. The fourth-order valence-electron chi connectivity index (χ4n) is 1.68. The molecule has 0 unspecified atom stereocenters. The van der Waals surface area contributed by atoms with Gasteiger partial charge in [0.25, 0.3) is 0 Å². The summed E-state index contributed by atoms with van der Waals surface area (Å²) in [6.45, 7) is 0. The lowest BCUT2D eigenvalue weighted by Crippen LogP contribution is -2.49. The molecule has 0 aliphatic carbocycles. The van der Waals surface area contributed by atoms with E-state index in [9.17, 15) is 30.3 Å². The van der Waals surface area contributed by atoms with Gasteiger partial charge in [-0.2, -0.15) is 0 Å². The average Bonchev–Trinajstić information content (AvgIpc) is 3.35. The molecule has 0 radical (unpaired) electrons. The van der Waals surface area contributed by atoms with Gasteiger partial charge < -0.3 is 44.6 Å². The topological polar surface area (TPSA) is 211 Å². The van der Waals surface area contributed by atoms with Crippen LogP contribution in [0.3, 0.4) is 0 Å². The first-order valence-corrected chi connectivity index (χ1v) is 6.93. The molecule has 3 heterocycles. The highest BCUT2D eigenvalue weighted by molar-refractivity contribution is 6.37. The molecule has 19 heteroatoms. The summed E-state index contributed by atoms with van der Waals surface area (Å²) in [5.74, 6) is -1.66. The van der Waals surface area contributed by atoms with Crippen molar-refractivity contribution in [3.8, 4) is 0 Å². The van der Waals surface area contributed by atoms with Crippen LogP contribution in [0.1, 0.15) is 0 Å². The fraction of sp³-hybridized carbons (Fsp3) is 0. The second kappa shape index (κ2) is 7.27. The van der Waals surface area contributed by atoms with E-state index in [-0.39, 0.29) is 0 Å². The van der Waals surface area contributed by atoms with Crippen molar-refractivity contribution in [2.24, 2.45) is 0 Å². The molecule has 0 aromatic carbocycles. The summed E-state index contributed by atoms with van der Waals surface area (Å²) >= 11 is 0. The first kappa shape index (κ1) is 18.1. The fourth-order valence-corrected chi connectivity index (χ4v) is 1.68. The van der Waals surface area contributed by atoms with Crippen LogP contribution in [0.2, 0.25) is 0 Å². The minimum atomic E-state index is -1.82. The van der Waals surface area contributed by atoms with Crippen molar-refractivity contribution in [3.05, 3.63) is 67.1 Å². The van der Waals surface area contributed by atoms with Gasteiger partial charge in [0, 0.05) is 0 Å². The maximum Gasteiger partial charge on any atom is 0.933 e. The lowest BCUT2D eigenvalue weighted by atomic mass is 10.3. The number of hydrogen-bond donors (Lipinski definition) is 0. The van der Waals surface area contributed by atoms with Crippen LogP contribution in [0.5, 0.6) is 0 Å². The Hall–Kier alpha value is -4.71. The Bertz CT molecular complexity index is 899. The Labute approximate surface area is 151 Å². The molecule has 0 N–H and O–H groups in total. The SMILES string of the molecule is O=[N+]([O-])c1ccn(OB(On2ccc([N+](=O)[O-])n2)On2ccc([N+](=O)[O-])n2)n1. The van der Waals surface area contributed by atoms with Crippen molar-refractivity contribution in [2.45, 2.75) is 0 Å². The zero-order valence-corrected chi connectivity index (χ0v) is 13.2. The highest BCUT2D eigenvalue weighted by Gasteiger charge is 2.38. The smallest absolute Gasteiger partial charge is 0.363 e. The van der Waals surface area contributed by atoms with E-state index >= 15 is 0 Å². The molecule has 0 aliphatic heterocycles. The highest BCUT2D eigenvalue weighted by Crippen LogP contribution is 2.07. The third-order valence-corrected chi connectivity index (χ3v) is 2.80. The van der Waals surface area contributed by atoms with Crippen molar-refractivity contribution in [1.82, 2.24) is 29.8 Å². The summed E-state index contributed by atoms with van der Waals surface area (Å²) in [7, 11) is -1.82. The average molecular weight is 395 g/mol. The molecule has 0 fully saturated rings. The minimum Gasteiger partial charge on any atom is -0.363 e. The van der Waals surface area contributed by atoms with Gasteiger partial charge in [0.1, 0.15) is 0 Å². The summed E-state index contributed by atoms with van der Waals surface area (Å²) in [4.78, 5) is 31.5. The first-order chi connectivity index (χ1) is 13.3. The van der Waals surface area contributed by atoms with E-state index in [1.807, 2.05) is 0 Å². The Morgan fingerprint density at radius 3 is 1.18 bits per heavy atom. The van der Waals surface area contributed by atoms with Crippen molar-refractivity contribution in [3.63, 3.8) is 0 Å². The minimum absolute atomic E-state index is 0.553. The van der Waals surface area contributed by atoms with Gasteiger partial charge in [-0.1, -0.05) is 0 Å². The van der Waals surface area contributed by atoms with Crippen LogP contribution in [0.25, 0.3) is 0 Å². The van der Waals surface area contributed by atoms with Crippen LogP contribution in [-0.2, 0) is 0 Å². The molecule has 3 rings (SSSR count). The summed E-state index contributed by atoms with van der Waals surface area (Å²) in [6, 6.07) is 3.03. The number of nitrogens with zero attached hydrogens (tertiary/aromatic N) is 9. The van der Waals surface area contributed by atoms with E-state index in [1.54, 1.807) is 0 Å². The molecule has 0 spiro atoms. The lowest BCUT2D eigenvalue weighted by Gasteiger charge is -2.08. The molecular weight excluding hydrogens is 389 g/mol. The Morgan fingerprint density at radius 2 is 0.964 bits per heavy atom. The molecule has 0 saturated heterocycles. The van der Waals surface area contributed by atoms with Crippen LogP contribution in [0.15, 0.2) is 36.8 Å². The second-order valence-electron chi connectivity index (χ2n) is 4.61. The van der Waals surface area contributed by atoms with E-state index in [1.165, 1.54) is 0 Å². The number of aromatic nitrogens is 6. The largest absolute Gasteiger partial charge is 0.933 e. The quantitative estimate of drug-likeness (QED) is 0.234. The Balaban J connectivity index is 1.79. The van der Waals surface area contributed by atoms with Crippen LogP contribution < -0.4 is 14.3 Å². The van der Waals surface area contributed by atoms with Gasteiger partial charge in [0.05, 0.1) is 52.1 Å². The van der Waals surface area contributed by atoms with Gasteiger partial charge in [-0.15, -0.1) is 0 Å². The van der Waals surface area contributed by atoms with Gasteiger partial charge in [-0.05, 0) is 29.3 Å². The van der Waals surface area contributed by atoms with Crippen molar-refractivity contribution in [1.29, 1.82) is 0 Å². The molecule has 0 atom stereocenters. The maximum absolute atomic E-state index is 10.7. The molecule has 0 saturated carbocycles. The van der Waals surface area contributed by atoms with Gasteiger partial charge in [-0.25, -0.2) is 0 Å². The summed E-state index contributed by atoms with van der Waals surface area (Å²) < 4.78 is 15.3. The standard InChI is InChI=1S/C9H6BN9O9/c20-17(21)7-1-4-14(11-7)26-10(27-15-5-2-8(12-15)18(22)23)28-16-6-3-9(13-16)19(24)25/h1-6H. The number of nitro groups is 3. The third kappa shape index (κ3) is 4.09. The molecule has 28 heavy (non-hydrogen) atoms. The predicted octanol–water partition coefficient (Wildman–Crippen LogP) is -1.33. The molecule has 18 nitrogen and oxygen atoms in total. The summed E-state index contributed by atoms with van der Waals surface area (Å²) in [5.41, 5.74) is 0. The molecule has 3 aromatic rings. The number of rotatable bonds is 9. The van der Waals surface area contributed by atoms with Crippen molar-refractivity contribution in [2.75, 3.05) is 0 Å². The number of hydrogen-bond acceptors (Lipinski definition) is 12. The van der Waals surface area contributed by atoms with Gasteiger partial charge in [0.2, 0.25) is 0 Å². The monoisotopic (exact) mass is 395 g/mol. The Morgan fingerprint density at radius 1 is 0.679 bits per heavy atom. The van der Waals surface area contributed by atoms with E-state index in [0.29, 0.717) is 14.5 Å². The molecule has 0 bridgehead atoms. The first-order valence-electron chi connectivity index (χ1n) is 6.93. The summed E-state index contributed by atoms with van der Waals surface area (Å²) in [5, 5.41) is 42.4. The second-order valence-corrected chi connectivity index (χ2v) is 4.61. The van der Waals surface area contributed by atoms with Crippen LogP contribution in [-0.4, -0.2) is 51.9 Å². The molecule has 0 amide bonds. The van der Waals surface area contributed by atoms with Crippen LogP contribution in [0, 0.1) is 30.3 Å². The van der Waals surface area contributed by atoms with Gasteiger partial charge >= 0.3 is 24.8 Å². The highest BCUT2D eigenvalue weighted by atomic mass is 16.9.